The number of nitrogens with zero attached hydrogens (tertiary/aromatic N) is 2. The SMILES string of the molecule is O=C(CSc1ncc(-c2ccc(Br)cc2)[nH]1)c1ccc([N+](=O)[O-])cc1. The van der Waals surface area contributed by atoms with Gasteiger partial charge in [0.2, 0.25) is 0 Å². The Bertz CT molecular complexity index is 908. The van der Waals surface area contributed by atoms with E-state index in [1.165, 1.54) is 36.0 Å². The number of hydrogen-bond acceptors (Lipinski definition) is 5. The minimum Gasteiger partial charge on any atom is -0.333 e. The third-order valence-corrected chi connectivity index (χ3v) is 4.86. The van der Waals surface area contributed by atoms with Gasteiger partial charge in [0.15, 0.2) is 10.9 Å². The highest BCUT2D eigenvalue weighted by Gasteiger charge is 2.11. The molecule has 6 nitrogen and oxygen atoms in total. The van der Waals surface area contributed by atoms with Crippen LogP contribution in [0.25, 0.3) is 11.3 Å². The van der Waals surface area contributed by atoms with Crippen LogP contribution in [-0.2, 0) is 0 Å². The maximum absolute atomic E-state index is 12.2. The van der Waals surface area contributed by atoms with Crippen LogP contribution in [0.3, 0.4) is 0 Å². The summed E-state index contributed by atoms with van der Waals surface area (Å²) in [5.74, 6) is 0.0898. The summed E-state index contributed by atoms with van der Waals surface area (Å²) in [6, 6.07) is 13.4. The lowest BCUT2D eigenvalue weighted by Crippen LogP contribution is -2.02. The first-order chi connectivity index (χ1) is 12.0. The number of nitro groups is 1. The maximum Gasteiger partial charge on any atom is 0.269 e. The maximum atomic E-state index is 12.2. The van der Waals surface area contributed by atoms with Gasteiger partial charge in [0, 0.05) is 22.2 Å². The van der Waals surface area contributed by atoms with E-state index in [-0.39, 0.29) is 17.2 Å². The number of halogens is 1. The number of hydrogen-bond donors (Lipinski definition) is 1. The van der Waals surface area contributed by atoms with E-state index < -0.39 is 4.92 Å². The van der Waals surface area contributed by atoms with Gasteiger partial charge in [-0.15, -0.1) is 0 Å². The molecular weight excluding hydrogens is 406 g/mol. The van der Waals surface area contributed by atoms with Gasteiger partial charge in [-0.25, -0.2) is 4.98 Å². The second-order valence-corrected chi connectivity index (χ2v) is 7.00. The number of ketones is 1. The number of carbonyl (C=O) groups excluding carboxylic acids is 1. The predicted molar refractivity (Wildman–Crippen MR) is 99.9 cm³/mol. The highest BCUT2D eigenvalue weighted by atomic mass is 79.9. The first-order valence-corrected chi connectivity index (χ1v) is 9.02. The summed E-state index contributed by atoms with van der Waals surface area (Å²) in [5, 5.41) is 11.3. The van der Waals surface area contributed by atoms with Gasteiger partial charge >= 0.3 is 0 Å². The molecule has 1 aromatic heterocycles. The molecule has 0 spiro atoms. The van der Waals surface area contributed by atoms with Crippen molar-refractivity contribution in [2.45, 2.75) is 5.16 Å². The largest absolute Gasteiger partial charge is 0.333 e. The zero-order chi connectivity index (χ0) is 17.8. The highest BCUT2D eigenvalue weighted by molar-refractivity contribution is 9.10. The Morgan fingerprint density at radius 3 is 2.48 bits per heavy atom. The van der Waals surface area contributed by atoms with E-state index in [2.05, 4.69) is 25.9 Å². The van der Waals surface area contributed by atoms with Gasteiger partial charge in [-0.2, -0.15) is 0 Å². The Morgan fingerprint density at radius 1 is 1.16 bits per heavy atom. The number of nitro benzene ring substituents is 1. The molecule has 1 heterocycles. The van der Waals surface area contributed by atoms with Crippen LogP contribution in [0, 0.1) is 10.1 Å². The van der Waals surface area contributed by atoms with Gasteiger partial charge in [-0.3, -0.25) is 14.9 Å². The number of benzene rings is 2. The third kappa shape index (κ3) is 4.34. The van der Waals surface area contributed by atoms with Crippen molar-refractivity contribution in [2.75, 3.05) is 5.75 Å². The lowest BCUT2D eigenvalue weighted by atomic mass is 10.1. The molecule has 0 unspecified atom stereocenters. The summed E-state index contributed by atoms with van der Waals surface area (Å²) in [7, 11) is 0. The quantitative estimate of drug-likeness (QED) is 0.271. The van der Waals surface area contributed by atoms with Crippen LogP contribution in [0.1, 0.15) is 10.4 Å². The number of aromatic nitrogens is 2. The Hall–Kier alpha value is -2.45. The van der Waals surface area contributed by atoms with Crippen LogP contribution in [0.15, 0.2) is 64.4 Å². The van der Waals surface area contributed by atoms with Gasteiger partial charge in [0.05, 0.1) is 22.6 Å². The second-order valence-electron chi connectivity index (χ2n) is 5.12. The number of carbonyl (C=O) groups is 1. The molecule has 0 atom stereocenters. The molecule has 0 aliphatic rings. The number of rotatable bonds is 6. The number of thioether (sulfide) groups is 1. The van der Waals surface area contributed by atoms with E-state index in [0.29, 0.717) is 10.7 Å². The zero-order valence-corrected chi connectivity index (χ0v) is 15.2. The Balaban J connectivity index is 1.62. The monoisotopic (exact) mass is 417 g/mol. The van der Waals surface area contributed by atoms with Crippen LogP contribution in [-0.4, -0.2) is 26.4 Å². The number of Topliss-reactive ketones (excluding diaryl/α,β-unsaturated/α-hetero) is 1. The van der Waals surface area contributed by atoms with E-state index in [9.17, 15) is 14.9 Å². The summed E-state index contributed by atoms with van der Waals surface area (Å²) < 4.78 is 0.999. The van der Waals surface area contributed by atoms with Gasteiger partial charge in [-0.1, -0.05) is 39.8 Å². The van der Waals surface area contributed by atoms with Crippen LogP contribution in [0.2, 0.25) is 0 Å². The fraction of sp³-hybridized carbons (Fsp3) is 0.0588. The zero-order valence-electron chi connectivity index (χ0n) is 12.8. The molecule has 0 aliphatic heterocycles. The molecule has 0 bridgehead atoms. The lowest BCUT2D eigenvalue weighted by Gasteiger charge is -2.00. The number of non-ortho nitro benzene ring substituents is 1. The predicted octanol–water partition coefficient (Wildman–Crippen LogP) is 4.72. The molecule has 126 valence electrons. The minimum atomic E-state index is -0.491. The van der Waals surface area contributed by atoms with Crippen molar-refractivity contribution in [1.82, 2.24) is 9.97 Å². The number of nitrogens with one attached hydrogen (secondary N) is 1. The molecule has 0 aliphatic carbocycles. The number of H-pyrrole nitrogens is 1. The fourth-order valence-electron chi connectivity index (χ4n) is 2.14. The van der Waals surface area contributed by atoms with Crippen LogP contribution in [0.4, 0.5) is 5.69 Å². The molecule has 0 amide bonds. The van der Waals surface area contributed by atoms with Gasteiger partial charge in [0.25, 0.3) is 5.69 Å². The van der Waals surface area contributed by atoms with E-state index in [0.717, 1.165) is 15.7 Å². The lowest BCUT2D eigenvalue weighted by molar-refractivity contribution is -0.384. The van der Waals surface area contributed by atoms with Crippen LogP contribution < -0.4 is 0 Å². The fourth-order valence-corrected chi connectivity index (χ4v) is 3.15. The molecule has 0 saturated heterocycles. The van der Waals surface area contributed by atoms with Crippen molar-refractivity contribution in [3.05, 3.63) is 74.9 Å². The third-order valence-electron chi connectivity index (χ3n) is 3.45. The van der Waals surface area contributed by atoms with Crippen molar-refractivity contribution in [3.63, 3.8) is 0 Å². The average molecular weight is 418 g/mol. The Kier molecular flexibility index (Phi) is 5.30. The van der Waals surface area contributed by atoms with Gasteiger partial charge in [0.1, 0.15) is 0 Å². The number of aromatic amines is 1. The Labute approximate surface area is 156 Å². The normalized spacial score (nSPS) is 10.6. The second kappa shape index (κ2) is 7.62. The molecular formula is C17H12BrN3O3S. The smallest absolute Gasteiger partial charge is 0.269 e. The molecule has 3 aromatic rings. The van der Waals surface area contributed by atoms with E-state index in [4.69, 9.17) is 0 Å². The van der Waals surface area contributed by atoms with Crippen LogP contribution >= 0.6 is 27.7 Å². The molecule has 8 heteroatoms. The van der Waals surface area contributed by atoms with Crippen LogP contribution in [0.5, 0.6) is 0 Å². The molecule has 25 heavy (non-hydrogen) atoms. The van der Waals surface area contributed by atoms with E-state index in [1.54, 1.807) is 6.20 Å². The molecule has 0 saturated carbocycles. The van der Waals surface area contributed by atoms with E-state index in [1.807, 2.05) is 24.3 Å². The first kappa shape index (κ1) is 17.4. The molecule has 0 radical (unpaired) electrons. The summed E-state index contributed by atoms with van der Waals surface area (Å²) >= 11 is 4.69. The molecule has 3 rings (SSSR count). The first-order valence-electron chi connectivity index (χ1n) is 7.24. The van der Waals surface area contributed by atoms with Gasteiger partial charge < -0.3 is 4.98 Å². The Morgan fingerprint density at radius 2 is 1.84 bits per heavy atom. The summed E-state index contributed by atoms with van der Waals surface area (Å²) in [5.41, 5.74) is 2.29. The number of imidazole rings is 1. The highest BCUT2D eigenvalue weighted by Crippen LogP contribution is 2.24. The minimum absolute atomic E-state index is 0.0330. The average Bonchev–Trinajstić information content (AvgIpc) is 3.09. The summed E-state index contributed by atoms with van der Waals surface area (Å²) in [6.45, 7) is 0. The standard InChI is InChI=1S/C17H12BrN3O3S/c18-13-5-1-11(2-6-13)15-9-19-17(20-15)25-10-16(22)12-3-7-14(8-4-12)21(23)24/h1-9H,10H2,(H,19,20). The molecule has 1 N–H and O–H groups in total. The topological polar surface area (TPSA) is 88.9 Å². The summed E-state index contributed by atoms with van der Waals surface area (Å²) in [6.07, 6.45) is 1.72. The van der Waals surface area contributed by atoms with Crippen molar-refractivity contribution < 1.29 is 9.72 Å². The van der Waals surface area contributed by atoms with Crippen molar-refractivity contribution in [3.8, 4) is 11.3 Å². The molecule has 0 fully saturated rings. The van der Waals surface area contributed by atoms with Crippen molar-refractivity contribution >= 4 is 39.2 Å². The molecule has 2 aromatic carbocycles. The van der Waals surface area contributed by atoms with Crippen molar-refractivity contribution in [2.24, 2.45) is 0 Å². The van der Waals surface area contributed by atoms with E-state index >= 15 is 0 Å². The van der Waals surface area contributed by atoms with Gasteiger partial charge in [-0.05, 0) is 29.8 Å². The van der Waals surface area contributed by atoms with Crippen molar-refractivity contribution in [1.29, 1.82) is 0 Å². The summed E-state index contributed by atoms with van der Waals surface area (Å²) in [4.78, 5) is 29.8.